The summed E-state index contributed by atoms with van der Waals surface area (Å²) in [7, 11) is 0. The van der Waals surface area contributed by atoms with Crippen LogP contribution >= 0.6 is 0 Å². The van der Waals surface area contributed by atoms with Gasteiger partial charge in [0, 0.05) is 0 Å². The van der Waals surface area contributed by atoms with Crippen LogP contribution < -0.4 is 10.5 Å². The van der Waals surface area contributed by atoms with Crippen molar-refractivity contribution in [3.63, 3.8) is 0 Å². The van der Waals surface area contributed by atoms with Crippen LogP contribution in [-0.2, 0) is 11.2 Å². The Morgan fingerprint density at radius 1 is 1.39 bits per heavy atom. The van der Waals surface area contributed by atoms with E-state index in [9.17, 15) is 4.79 Å². The molecule has 0 atom stereocenters. The fraction of sp³-hybridized carbons (Fsp3) is 0.400. The first kappa shape index (κ1) is 12.5. The van der Waals surface area contributed by atoms with E-state index in [2.05, 4.69) is 11.8 Å². The third-order valence-corrected chi connectivity index (χ3v) is 3.33. The molecule has 1 fully saturated rings. The van der Waals surface area contributed by atoms with Crippen LogP contribution in [0.3, 0.4) is 0 Å². The number of nitrogens with two attached hydrogens (primary N) is 1. The molecule has 0 heterocycles. The molecule has 0 radical (unpaired) electrons. The number of amides is 1. The van der Waals surface area contributed by atoms with Gasteiger partial charge in [-0.15, -0.1) is 5.92 Å². The van der Waals surface area contributed by atoms with E-state index in [-0.39, 0.29) is 11.3 Å². The minimum atomic E-state index is -0.282. The Balaban J connectivity index is 1.95. The smallest absolute Gasteiger partial charge is 0.223 e. The van der Waals surface area contributed by atoms with Gasteiger partial charge in [-0.3, -0.25) is 4.79 Å². The fourth-order valence-electron chi connectivity index (χ4n) is 1.95. The summed E-state index contributed by atoms with van der Waals surface area (Å²) in [5.74, 6) is 6.23. The molecule has 1 amide bonds. The molecule has 2 N–H and O–H groups in total. The Kier molecular flexibility index (Phi) is 3.57. The zero-order chi connectivity index (χ0) is 13.0. The molecule has 0 spiro atoms. The average molecular weight is 243 g/mol. The van der Waals surface area contributed by atoms with E-state index < -0.39 is 0 Å². The molecule has 1 aromatic carbocycles. The van der Waals surface area contributed by atoms with Crippen molar-refractivity contribution in [2.24, 2.45) is 11.1 Å². The van der Waals surface area contributed by atoms with Gasteiger partial charge in [0.15, 0.2) is 0 Å². The number of rotatable bonds is 5. The van der Waals surface area contributed by atoms with Crippen LogP contribution in [0, 0.1) is 17.3 Å². The molecule has 0 aromatic heterocycles. The third-order valence-electron chi connectivity index (χ3n) is 3.33. The summed E-state index contributed by atoms with van der Waals surface area (Å²) >= 11 is 0. The largest absolute Gasteiger partial charge is 0.481 e. The maximum absolute atomic E-state index is 11.3. The maximum Gasteiger partial charge on any atom is 0.223 e. The summed E-state index contributed by atoms with van der Waals surface area (Å²) in [4.78, 5) is 11.3. The Morgan fingerprint density at radius 2 is 2.06 bits per heavy atom. The molecule has 0 aliphatic heterocycles. The van der Waals surface area contributed by atoms with Gasteiger partial charge in [-0.1, -0.05) is 18.1 Å². The first-order valence-corrected chi connectivity index (χ1v) is 6.07. The second kappa shape index (κ2) is 5.14. The molecular formula is C15H17NO2. The molecule has 94 valence electrons. The minimum absolute atomic E-state index is 0.180. The van der Waals surface area contributed by atoms with Crippen LogP contribution in [0.4, 0.5) is 0 Å². The summed E-state index contributed by atoms with van der Waals surface area (Å²) in [5.41, 5.74) is 6.26. The lowest BCUT2D eigenvalue weighted by molar-refractivity contribution is -0.123. The van der Waals surface area contributed by atoms with Gasteiger partial charge >= 0.3 is 0 Å². The monoisotopic (exact) mass is 243 g/mol. The summed E-state index contributed by atoms with van der Waals surface area (Å²) < 4.78 is 5.43. The molecule has 0 unspecified atom stereocenters. The normalized spacial score (nSPS) is 15.4. The molecule has 1 aliphatic carbocycles. The van der Waals surface area contributed by atoms with Crippen molar-refractivity contribution in [1.82, 2.24) is 0 Å². The van der Waals surface area contributed by atoms with Crippen LogP contribution in [0.15, 0.2) is 24.3 Å². The SMILES string of the molecule is CC#CCOc1ccc(CC2(C(N)=O)CC2)cc1. The van der Waals surface area contributed by atoms with Crippen molar-refractivity contribution in [3.05, 3.63) is 29.8 Å². The predicted octanol–water partition coefficient (Wildman–Crippen LogP) is 1.90. The topological polar surface area (TPSA) is 52.3 Å². The standard InChI is InChI=1S/C15H17NO2/c1-2-3-10-18-13-6-4-12(5-7-13)11-15(8-9-15)14(16)17/h4-7H,8-11H2,1H3,(H2,16,17). The van der Waals surface area contributed by atoms with Crippen molar-refractivity contribution >= 4 is 5.91 Å². The molecule has 2 rings (SSSR count). The molecule has 3 nitrogen and oxygen atoms in total. The van der Waals surface area contributed by atoms with Gasteiger partial charge in [-0.25, -0.2) is 0 Å². The van der Waals surface area contributed by atoms with Crippen LogP contribution in [0.5, 0.6) is 5.75 Å². The van der Waals surface area contributed by atoms with Gasteiger partial charge in [-0.2, -0.15) is 0 Å². The summed E-state index contributed by atoms with van der Waals surface area (Å²) in [6.45, 7) is 2.19. The summed E-state index contributed by atoms with van der Waals surface area (Å²) in [6, 6.07) is 7.78. The van der Waals surface area contributed by atoms with E-state index in [1.54, 1.807) is 6.92 Å². The lowest BCUT2D eigenvalue weighted by Crippen LogP contribution is -2.26. The Labute approximate surface area is 107 Å². The Bertz CT molecular complexity index is 489. The van der Waals surface area contributed by atoms with Crippen molar-refractivity contribution in [3.8, 4) is 17.6 Å². The number of benzene rings is 1. The molecule has 3 heteroatoms. The van der Waals surface area contributed by atoms with Gasteiger partial charge in [0.05, 0.1) is 5.41 Å². The molecule has 0 saturated heterocycles. The number of carbonyl (C=O) groups excluding carboxylic acids is 1. The van der Waals surface area contributed by atoms with Gasteiger partial charge in [-0.05, 0) is 43.9 Å². The molecular weight excluding hydrogens is 226 g/mol. The predicted molar refractivity (Wildman–Crippen MR) is 70.0 cm³/mol. The number of hydrogen-bond acceptors (Lipinski definition) is 2. The van der Waals surface area contributed by atoms with Gasteiger partial charge in [0.2, 0.25) is 5.91 Å². The molecule has 18 heavy (non-hydrogen) atoms. The summed E-state index contributed by atoms with van der Waals surface area (Å²) in [5, 5.41) is 0. The van der Waals surface area contributed by atoms with Crippen LogP contribution in [0.25, 0.3) is 0 Å². The summed E-state index contributed by atoms with van der Waals surface area (Å²) in [6.07, 6.45) is 2.55. The molecule has 1 aliphatic rings. The van der Waals surface area contributed by atoms with Crippen molar-refractivity contribution in [2.45, 2.75) is 26.2 Å². The fourth-order valence-corrected chi connectivity index (χ4v) is 1.95. The van der Waals surface area contributed by atoms with Gasteiger partial charge in [0.25, 0.3) is 0 Å². The highest BCUT2D eigenvalue weighted by Gasteiger charge is 2.48. The highest BCUT2D eigenvalue weighted by Crippen LogP contribution is 2.48. The number of carbonyl (C=O) groups is 1. The van der Waals surface area contributed by atoms with E-state index in [1.807, 2.05) is 24.3 Å². The molecule has 0 bridgehead atoms. The van der Waals surface area contributed by atoms with Crippen LogP contribution in [-0.4, -0.2) is 12.5 Å². The van der Waals surface area contributed by atoms with Gasteiger partial charge in [0.1, 0.15) is 12.4 Å². The first-order chi connectivity index (χ1) is 8.66. The highest BCUT2D eigenvalue weighted by atomic mass is 16.5. The third kappa shape index (κ3) is 2.84. The average Bonchev–Trinajstić information content (AvgIpc) is 3.13. The van der Waals surface area contributed by atoms with Crippen molar-refractivity contribution in [2.75, 3.05) is 6.61 Å². The zero-order valence-corrected chi connectivity index (χ0v) is 10.5. The molecule has 1 aromatic rings. The van der Waals surface area contributed by atoms with E-state index in [1.165, 1.54) is 0 Å². The van der Waals surface area contributed by atoms with Crippen LogP contribution in [0.2, 0.25) is 0 Å². The highest BCUT2D eigenvalue weighted by molar-refractivity contribution is 5.83. The van der Waals surface area contributed by atoms with E-state index >= 15 is 0 Å². The Morgan fingerprint density at radius 3 is 2.56 bits per heavy atom. The Hall–Kier alpha value is -1.95. The maximum atomic E-state index is 11.3. The lowest BCUT2D eigenvalue weighted by atomic mass is 9.96. The lowest BCUT2D eigenvalue weighted by Gasteiger charge is -2.11. The number of ether oxygens (including phenoxy) is 1. The number of hydrogen-bond donors (Lipinski definition) is 1. The number of primary amides is 1. The molecule has 1 saturated carbocycles. The van der Waals surface area contributed by atoms with E-state index in [4.69, 9.17) is 10.5 Å². The second-order valence-electron chi connectivity index (χ2n) is 4.68. The minimum Gasteiger partial charge on any atom is -0.481 e. The first-order valence-electron chi connectivity index (χ1n) is 6.07. The van der Waals surface area contributed by atoms with Crippen LogP contribution in [0.1, 0.15) is 25.3 Å². The van der Waals surface area contributed by atoms with Gasteiger partial charge < -0.3 is 10.5 Å². The van der Waals surface area contributed by atoms with Crippen molar-refractivity contribution in [1.29, 1.82) is 0 Å². The van der Waals surface area contributed by atoms with Crippen molar-refractivity contribution < 1.29 is 9.53 Å². The zero-order valence-electron chi connectivity index (χ0n) is 10.5. The van der Waals surface area contributed by atoms with E-state index in [0.717, 1.165) is 30.6 Å². The second-order valence-corrected chi connectivity index (χ2v) is 4.68. The van der Waals surface area contributed by atoms with E-state index in [0.29, 0.717) is 6.61 Å². The quantitative estimate of drug-likeness (QED) is 0.803.